The molecule has 0 aromatic heterocycles. The lowest BCUT2D eigenvalue weighted by molar-refractivity contribution is -0.120. The van der Waals surface area contributed by atoms with E-state index in [-0.39, 0.29) is 23.6 Å². The number of thioether (sulfide) groups is 1. The standard InChI is InChI=1S/C16H22N2O2S.ClH/c1-12(21-15-5-3-14(20-2)4-6-15)16(19)18-11-13-7-9-17-10-8-13;/h3-7,12,17H,8-11H2,1-2H3,(H,18,19);1H. The van der Waals surface area contributed by atoms with Crippen molar-refractivity contribution < 1.29 is 9.53 Å². The molecule has 1 unspecified atom stereocenters. The lowest BCUT2D eigenvalue weighted by atomic mass is 10.1. The number of methoxy groups -OCH3 is 1. The maximum Gasteiger partial charge on any atom is 0.233 e. The van der Waals surface area contributed by atoms with Crippen LogP contribution in [-0.2, 0) is 4.79 Å². The zero-order valence-corrected chi connectivity index (χ0v) is 14.6. The van der Waals surface area contributed by atoms with E-state index in [2.05, 4.69) is 16.7 Å². The van der Waals surface area contributed by atoms with Gasteiger partial charge in [0.1, 0.15) is 5.75 Å². The second-order valence-electron chi connectivity index (χ2n) is 4.97. The number of hydrogen-bond donors (Lipinski definition) is 2. The second-order valence-corrected chi connectivity index (χ2v) is 6.38. The molecule has 1 aromatic carbocycles. The van der Waals surface area contributed by atoms with E-state index >= 15 is 0 Å². The van der Waals surface area contributed by atoms with Crippen LogP contribution in [0.3, 0.4) is 0 Å². The van der Waals surface area contributed by atoms with Gasteiger partial charge in [-0.25, -0.2) is 0 Å². The molecular formula is C16H23ClN2O2S. The van der Waals surface area contributed by atoms with E-state index in [1.165, 1.54) is 5.57 Å². The number of carbonyl (C=O) groups is 1. The summed E-state index contributed by atoms with van der Waals surface area (Å²) in [7, 11) is 1.65. The Morgan fingerprint density at radius 3 is 2.73 bits per heavy atom. The van der Waals surface area contributed by atoms with Crippen LogP contribution in [0, 0.1) is 0 Å². The highest BCUT2D eigenvalue weighted by Gasteiger charge is 2.14. The summed E-state index contributed by atoms with van der Waals surface area (Å²) in [4.78, 5) is 13.2. The molecule has 1 heterocycles. The van der Waals surface area contributed by atoms with E-state index < -0.39 is 0 Å². The molecule has 0 saturated carbocycles. The van der Waals surface area contributed by atoms with Gasteiger partial charge in [0, 0.05) is 18.0 Å². The molecule has 1 aliphatic rings. The first-order chi connectivity index (χ1) is 10.2. The highest BCUT2D eigenvalue weighted by atomic mass is 35.5. The molecule has 0 bridgehead atoms. The molecule has 0 spiro atoms. The van der Waals surface area contributed by atoms with Crippen molar-refractivity contribution in [2.45, 2.75) is 23.5 Å². The molecule has 2 rings (SSSR count). The predicted molar refractivity (Wildman–Crippen MR) is 94.1 cm³/mol. The van der Waals surface area contributed by atoms with Gasteiger partial charge in [0.05, 0.1) is 12.4 Å². The first-order valence-corrected chi connectivity index (χ1v) is 8.04. The van der Waals surface area contributed by atoms with Gasteiger partial charge in [-0.05, 0) is 44.2 Å². The molecule has 22 heavy (non-hydrogen) atoms. The zero-order chi connectivity index (χ0) is 15.1. The summed E-state index contributed by atoms with van der Waals surface area (Å²) >= 11 is 1.56. The van der Waals surface area contributed by atoms with Crippen molar-refractivity contribution in [2.75, 3.05) is 26.7 Å². The number of benzene rings is 1. The number of hydrogen-bond acceptors (Lipinski definition) is 4. The maximum absolute atomic E-state index is 12.1. The molecule has 122 valence electrons. The largest absolute Gasteiger partial charge is 0.497 e. The molecule has 6 heteroatoms. The van der Waals surface area contributed by atoms with Gasteiger partial charge in [-0.1, -0.05) is 11.6 Å². The highest BCUT2D eigenvalue weighted by Crippen LogP contribution is 2.25. The monoisotopic (exact) mass is 342 g/mol. The maximum atomic E-state index is 12.1. The van der Waals surface area contributed by atoms with Gasteiger partial charge in [-0.15, -0.1) is 24.2 Å². The van der Waals surface area contributed by atoms with Crippen LogP contribution in [0.25, 0.3) is 0 Å². The number of carbonyl (C=O) groups excluding carboxylic acids is 1. The van der Waals surface area contributed by atoms with Crippen molar-refractivity contribution in [2.24, 2.45) is 0 Å². The minimum Gasteiger partial charge on any atom is -0.497 e. The number of ether oxygens (including phenoxy) is 1. The number of rotatable bonds is 6. The van der Waals surface area contributed by atoms with Gasteiger partial charge in [0.2, 0.25) is 5.91 Å². The van der Waals surface area contributed by atoms with Crippen molar-refractivity contribution in [1.29, 1.82) is 0 Å². The summed E-state index contributed by atoms with van der Waals surface area (Å²) in [5, 5.41) is 6.17. The Balaban J connectivity index is 0.00000242. The second kappa shape index (κ2) is 9.77. The molecule has 1 aliphatic heterocycles. The average Bonchev–Trinajstić information content (AvgIpc) is 2.54. The molecule has 0 aliphatic carbocycles. The summed E-state index contributed by atoms with van der Waals surface area (Å²) in [5.74, 6) is 0.907. The Kier molecular flexibility index (Phi) is 8.38. The van der Waals surface area contributed by atoms with Gasteiger partial charge in [-0.3, -0.25) is 4.79 Å². The van der Waals surface area contributed by atoms with Gasteiger partial charge >= 0.3 is 0 Å². The minimum absolute atomic E-state index is 0. The fraction of sp³-hybridized carbons (Fsp3) is 0.438. The van der Waals surface area contributed by atoms with Gasteiger partial charge in [0.25, 0.3) is 0 Å². The summed E-state index contributed by atoms with van der Waals surface area (Å²) in [5.41, 5.74) is 1.31. The fourth-order valence-electron chi connectivity index (χ4n) is 2.09. The van der Waals surface area contributed by atoms with Crippen LogP contribution in [0.2, 0.25) is 0 Å². The predicted octanol–water partition coefficient (Wildman–Crippen LogP) is 2.63. The summed E-state index contributed by atoms with van der Waals surface area (Å²) in [6.07, 6.45) is 3.17. The Morgan fingerprint density at radius 1 is 1.41 bits per heavy atom. The molecule has 2 N–H and O–H groups in total. The van der Waals surface area contributed by atoms with Crippen molar-refractivity contribution in [3.05, 3.63) is 35.9 Å². The summed E-state index contributed by atoms with van der Waals surface area (Å²) in [6, 6.07) is 7.77. The molecular weight excluding hydrogens is 320 g/mol. The quantitative estimate of drug-likeness (QED) is 0.616. The lowest BCUT2D eigenvalue weighted by Crippen LogP contribution is -2.34. The van der Waals surface area contributed by atoms with Crippen LogP contribution >= 0.6 is 24.2 Å². The first kappa shape index (κ1) is 18.9. The minimum atomic E-state index is -0.110. The molecule has 0 radical (unpaired) electrons. The van der Waals surface area contributed by atoms with Crippen LogP contribution in [0.5, 0.6) is 5.75 Å². The molecule has 0 saturated heterocycles. The Bertz CT molecular complexity index is 505. The van der Waals surface area contributed by atoms with E-state index in [1.54, 1.807) is 18.9 Å². The number of nitrogens with one attached hydrogen (secondary N) is 2. The molecule has 1 aromatic rings. The normalized spacial score (nSPS) is 15.3. The Hall–Kier alpha value is -1.17. The third kappa shape index (κ3) is 5.91. The van der Waals surface area contributed by atoms with Crippen LogP contribution in [0.15, 0.2) is 40.8 Å². The third-order valence-corrected chi connectivity index (χ3v) is 4.50. The van der Waals surface area contributed by atoms with Gasteiger partial charge in [-0.2, -0.15) is 0 Å². The van der Waals surface area contributed by atoms with Crippen molar-refractivity contribution in [1.82, 2.24) is 10.6 Å². The lowest BCUT2D eigenvalue weighted by Gasteiger charge is -2.16. The molecule has 1 amide bonds. The van der Waals surface area contributed by atoms with Crippen LogP contribution in [0.4, 0.5) is 0 Å². The third-order valence-electron chi connectivity index (χ3n) is 3.39. The van der Waals surface area contributed by atoms with E-state index in [0.717, 1.165) is 30.2 Å². The SMILES string of the molecule is COc1ccc(SC(C)C(=O)NCC2=CCNCC2)cc1.Cl. The van der Waals surface area contributed by atoms with Crippen LogP contribution in [0.1, 0.15) is 13.3 Å². The topological polar surface area (TPSA) is 50.4 Å². The van der Waals surface area contributed by atoms with Crippen molar-refractivity contribution >= 4 is 30.1 Å². The number of amides is 1. The van der Waals surface area contributed by atoms with Crippen molar-refractivity contribution in [3.63, 3.8) is 0 Å². The van der Waals surface area contributed by atoms with E-state index in [4.69, 9.17) is 4.74 Å². The highest BCUT2D eigenvalue weighted by molar-refractivity contribution is 8.00. The number of halogens is 1. The summed E-state index contributed by atoms with van der Waals surface area (Å²) < 4.78 is 5.13. The van der Waals surface area contributed by atoms with Gasteiger partial charge in [0.15, 0.2) is 0 Å². The van der Waals surface area contributed by atoms with Crippen LogP contribution < -0.4 is 15.4 Å². The van der Waals surface area contributed by atoms with Crippen molar-refractivity contribution in [3.8, 4) is 5.75 Å². The average molecular weight is 343 g/mol. The Morgan fingerprint density at radius 2 is 2.14 bits per heavy atom. The molecule has 0 fully saturated rings. The Labute approximate surface area is 142 Å². The summed E-state index contributed by atoms with van der Waals surface area (Å²) in [6.45, 7) is 4.49. The van der Waals surface area contributed by atoms with Crippen LogP contribution in [-0.4, -0.2) is 37.9 Å². The molecule has 1 atom stereocenters. The molecule has 4 nitrogen and oxygen atoms in total. The van der Waals surface area contributed by atoms with E-state index in [1.807, 2.05) is 31.2 Å². The van der Waals surface area contributed by atoms with E-state index in [0.29, 0.717) is 6.54 Å². The van der Waals surface area contributed by atoms with Gasteiger partial charge < -0.3 is 15.4 Å². The van der Waals surface area contributed by atoms with E-state index in [9.17, 15) is 4.79 Å². The fourth-order valence-corrected chi connectivity index (χ4v) is 2.98. The smallest absolute Gasteiger partial charge is 0.233 e. The zero-order valence-electron chi connectivity index (χ0n) is 12.9. The first-order valence-electron chi connectivity index (χ1n) is 7.16.